The van der Waals surface area contributed by atoms with Crippen molar-refractivity contribution in [2.45, 2.75) is 6.54 Å². The van der Waals surface area contributed by atoms with Crippen LogP contribution in [-0.2, 0) is 11.3 Å². The number of halogens is 1. The van der Waals surface area contributed by atoms with Gasteiger partial charge in [-0.05, 0) is 54.1 Å². The van der Waals surface area contributed by atoms with Gasteiger partial charge in [0.25, 0.3) is 11.8 Å². The lowest BCUT2D eigenvalue weighted by molar-refractivity contribution is -0.120. The monoisotopic (exact) mass is 395 g/mol. The number of carbonyl (C=O) groups excluding carboxylic acids is 3. The quantitative estimate of drug-likeness (QED) is 0.573. The van der Waals surface area contributed by atoms with Crippen molar-refractivity contribution in [3.8, 4) is 0 Å². The molecular weight excluding hydrogens is 377 g/mol. The van der Waals surface area contributed by atoms with Crippen LogP contribution in [0.5, 0.6) is 0 Å². The average molecular weight is 395 g/mol. The van der Waals surface area contributed by atoms with Crippen molar-refractivity contribution in [3.05, 3.63) is 89.6 Å². The second-order valence-electron chi connectivity index (χ2n) is 6.10. The first-order chi connectivity index (χ1) is 14.0. The van der Waals surface area contributed by atoms with Gasteiger partial charge in [0.2, 0.25) is 5.91 Å². The average Bonchev–Trinajstić information content (AvgIpc) is 3.26. The number of nitrogens with one attached hydrogen (secondary N) is 3. The van der Waals surface area contributed by atoms with E-state index < -0.39 is 11.7 Å². The van der Waals surface area contributed by atoms with Crippen LogP contribution in [0.15, 0.2) is 71.3 Å². The number of anilines is 1. The highest BCUT2D eigenvalue weighted by molar-refractivity contribution is 6.02. The van der Waals surface area contributed by atoms with E-state index in [-0.39, 0.29) is 36.2 Å². The van der Waals surface area contributed by atoms with Gasteiger partial charge in [-0.3, -0.25) is 14.4 Å². The molecular formula is C21H18FN3O4. The molecule has 7 nitrogen and oxygen atoms in total. The van der Waals surface area contributed by atoms with Crippen LogP contribution in [0.25, 0.3) is 0 Å². The SMILES string of the molecule is O=C(CNC(=O)c1ccc(F)cc1)NCc1cccc(NC(=O)c2ccco2)c1. The number of carbonyl (C=O) groups is 3. The molecule has 0 saturated carbocycles. The highest BCUT2D eigenvalue weighted by Crippen LogP contribution is 2.12. The Morgan fingerprint density at radius 3 is 2.41 bits per heavy atom. The lowest BCUT2D eigenvalue weighted by Gasteiger charge is -2.09. The van der Waals surface area contributed by atoms with Gasteiger partial charge in [0.05, 0.1) is 12.8 Å². The second-order valence-corrected chi connectivity index (χ2v) is 6.10. The zero-order valence-corrected chi connectivity index (χ0v) is 15.3. The molecule has 0 atom stereocenters. The highest BCUT2D eigenvalue weighted by Gasteiger charge is 2.10. The van der Waals surface area contributed by atoms with Crippen LogP contribution in [-0.4, -0.2) is 24.3 Å². The molecule has 0 unspecified atom stereocenters. The summed E-state index contributed by atoms with van der Waals surface area (Å²) in [5, 5.41) is 7.85. The van der Waals surface area contributed by atoms with E-state index in [1.165, 1.54) is 30.5 Å². The van der Waals surface area contributed by atoms with Crippen molar-refractivity contribution in [1.29, 1.82) is 0 Å². The smallest absolute Gasteiger partial charge is 0.291 e. The predicted molar refractivity (Wildman–Crippen MR) is 104 cm³/mol. The van der Waals surface area contributed by atoms with Gasteiger partial charge in [0.15, 0.2) is 5.76 Å². The Hall–Kier alpha value is -3.94. The van der Waals surface area contributed by atoms with Crippen molar-refractivity contribution < 1.29 is 23.2 Å². The summed E-state index contributed by atoms with van der Waals surface area (Å²) in [6.07, 6.45) is 1.41. The standard InChI is InChI=1S/C21H18FN3O4/c22-16-8-6-15(7-9-16)20(27)24-13-19(26)23-12-14-3-1-4-17(11-14)25-21(28)18-5-2-10-29-18/h1-11H,12-13H2,(H,23,26)(H,24,27)(H,25,28). The largest absolute Gasteiger partial charge is 0.459 e. The number of amides is 3. The lowest BCUT2D eigenvalue weighted by atomic mass is 10.2. The molecule has 1 aromatic heterocycles. The number of furan rings is 1. The molecule has 3 N–H and O–H groups in total. The fourth-order valence-electron chi connectivity index (χ4n) is 2.49. The lowest BCUT2D eigenvalue weighted by Crippen LogP contribution is -2.36. The topological polar surface area (TPSA) is 100 Å². The van der Waals surface area contributed by atoms with Gasteiger partial charge in [0, 0.05) is 17.8 Å². The van der Waals surface area contributed by atoms with Crippen LogP contribution in [0.4, 0.5) is 10.1 Å². The molecule has 0 bridgehead atoms. The van der Waals surface area contributed by atoms with Crippen LogP contribution in [0, 0.1) is 5.82 Å². The molecule has 0 fully saturated rings. The third-order valence-corrected chi connectivity index (χ3v) is 3.94. The first kappa shape index (κ1) is 19.8. The van der Waals surface area contributed by atoms with Crippen molar-refractivity contribution >= 4 is 23.4 Å². The molecule has 0 aliphatic carbocycles. The molecule has 0 spiro atoms. The summed E-state index contributed by atoms with van der Waals surface area (Å²) < 4.78 is 17.9. The fraction of sp³-hybridized carbons (Fsp3) is 0.0952. The van der Waals surface area contributed by atoms with Crippen LogP contribution < -0.4 is 16.0 Å². The Morgan fingerprint density at radius 2 is 1.69 bits per heavy atom. The maximum Gasteiger partial charge on any atom is 0.291 e. The van der Waals surface area contributed by atoms with Gasteiger partial charge in [-0.2, -0.15) is 0 Å². The van der Waals surface area contributed by atoms with E-state index in [9.17, 15) is 18.8 Å². The molecule has 0 aliphatic heterocycles. The number of hydrogen-bond donors (Lipinski definition) is 3. The summed E-state index contributed by atoms with van der Waals surface area (Å²) in [5.41, 5.74) is 1.59. The maximum absolute atomic E-state index is 12.9. The Labute approximate surface area is 165 Å². The van der Waals surface area contributed by atoms with E-state index in [1.807, 2.05) is 0 Å². The molecule has 29 heavy (non-hydrogen) atoms. The van der Waals surface area contributed by atoms with Crippen molar-refractivity contribution in [1.82, 2.24) is 10.6 Å². The van der Waals surface area contributed by atoms with E-state index in [2.05, 4.69) is 16.0 Å². The third-order valence-electron chi connectivity index (χ3n) is 3.94. The van der Waals surface area contributed by atoms with E-state index in [0.717, 1.165) is 5.56 Å². The zero-order chi connectivity index (χ0) is 20.6. The minimum absolute atomic E-state index is 0.195. The van der Waals surface area contributed by atoms with Gasteiger partial charge >= 0.3 is 0 Å². The highest BCUT2D eigenvalue weighted by atomic mass is 19.1. The Bertz CT molecular complexity index is 1000. The predicted octanol–water partition coefficient (Wildman–Crippen LogP) is 2.72. The van der Waals surface area contributed by atoms with Gasteiger partial charge in [-0.1, -0.05) is 12.1 Å². The van der Waals surface area contributed by atoms with Crippen molar-refractivity contribution in [2.75, 3.05) is 11.9 Å². The van der Waals surface area contributed by atoms with Crippen LogP contribution in [0.3, 0.4) is 0 Å². The molecule has 0 saturated heterocycles. The first-order valence-electron chi connectivity index (χ1n) is 8.75. The van der Waals surface area contributed by atoms with Gasteiger partial charge in [-0.15, -0.1) is 0 Å². The summed E-state index contributed by atoms with van der Waals surface area (Å²) >= 11 is 0. The Balaban J connectivity index is 1.46. The molecule has 0 radical (unpaired) electrons. The van der Waals surface area contributed by atoms with Gasteiger partial charge in [0.1, 0.15) is 5.82 Å². The third kappa shape index (κ3) is 5.77. The van der Waals surface area contributed by atoms with Crippen LogP contribution in [0.2, 0.25) is 0 Å². The summed E-state index contributed by atoms with van der Waals surface area (Å²) in [5.74, 6) is -1.48. The van der Waals surface area contributed by atoms with Gasteiger partial charge in [-0.25, -0.2) is 4.39 Å². The van der Waals surface area contributed by atoms with Crippen molar-refractivity contribution in [2.24, 2.45) is 0 Å². The molecule has 3 amide bonds. The minimum atomic E-state index is -0.470. The zero-order valence-electron chi connectivity index (χ0n) is 15.3. The molecule has 148 valence electrons. The summed E-state index contributed by atoms with van der Waals surface area (Å²) in [4.78, 5) is 35.9. The summed E-state index contributed by atoms with van der Waals surface area (Å²) in [6.45, 7) is 0.000838. The fourth-order valence-corrected chi connectivity index (χ4v) is 2.49. The number of hydrogen-bond acceptors (Lipinski definition) is 4. The summed E-state index contributed by atoms with van der Waals surface area (Å²) in [6, 6.07) is 15.2. The Kier molecular flexibility index (Phi) is 6.36. The maximum atomic E-state index is 12.9. The molecule has 1 heterocycles. The normalized spacial score (nSPS) is 10.2. The van der Waals surface area contributed by atoms with Crippen LogP contribution >= 0.6 is 0 Å². The van der Waals surface area contributed by atoms with Crippen molar-refractivity contribution in [3.63, 3.8) is 0 Å². The van der Waals surface area contributed by atoms with E-state index in [1.54, 1.807) is 36.4 Å². The van der Waals surface area contributed by atoms with E-state index in [4.69, 9.17) is 4.42 Å². The van der Waals surface area contributed by atoms with E-state index in [0.29, 0.717) is 5.69 Å². The molecule has 8 heteroatoms. The molecule has 3 rings (SSSR count). The summed E-state index contributed by atoms with van der Waals surface area (Å²) in [7, 11) is 0. The number of rotatable bonds is 7. The van der Waals surface area contributed by atoms with Gasteiger partial charge < -0.3 is 20.4 Å². The second kappa shape index (κ2) is 9.32. The molecule has 0 aliphatic rings. The molecule has 2 aromatic carbocycles. The first-order valence-corrected chi connectivity index (χ1v) is 8.75. The van der Waals surface area contributed by atoms with Crippen LogP contribution in [0.1, 0.15) is 26.5 Å². The minimum Gasteiger partial charge on any atom is -0.459 e. The molecule has 3 aromatic rings. The number of benzene rings is 2. The Morgan fingerprint density at radius 1 is 0.897 bits per heavy atom. The van der Waals surface area contributed by atoms with E-state index >= 15 is 0 Å².